The van der Waals surface area contributed by atoms with Gasteiger partial charge >= 0.3 is 0 Å². The van der Waals surface area contributed by atoms with Gasteiger partial charge in [-0.3, -0.25) is 9.59 Å². The van der Waals surface area contributed by atoms with Gasteiger partial charge < -0.3 is 4.84 Å². The second-order valence-corrected chi connectivity index (χ2v) is 5.57. The number of carbonyl (C=O) groups excluding carboxylic acids is 2. The van der Waals surface area contributed by atoms with E-state index < -0.39 is 6.04 Å². The molecule has 0 heterocycles. The second kappa shape index (κ2) is 7.98. The molecule has 114 valence electrons. The molecular weight excluding hydrogens is 346 g/mol. The van der Waals surface area contributed by atoms with E-state index in [1.54, 1.807) is 42.5 Å². The van der Waals surface area contributed by atoms with Crippen LogP contribution in [0.5, 0.6) is 0 Å². The molecule has 0 spiro atoms. The Morgan fingerprint density at radius 1 is 1.09 bits per heavy atom. The van der Waals surface area contributed by atoms with E-state index >= 15 is 0 Å². The lowest BCUT2D eigenvalue weighted by atomic mass is 9.97. The predicted molar refractivity (Wildman–Crippen MR) is 87.8 cm³/mol. The number of rotatable bonds is 7. The fourth-order valence-electron chi connectivity index (χ4n) is 2.11. The summed E-state index contributed by atoms with van der Waals surface area (Å²) in [4.78, 5) is 29.8. The molecule has 2 aromatic rings. The zero-order chi connectivity index (χ0) is 15.9. The van der Waals surface area contributed by atoms with Gasteiger partial charge in [0.25, 0.3) is 0 Å². The number of Topliss-reactive ketones (excluding diaryl/α,β-unsaturated/α-hetero) is 2. The van der Waals surface area contributed by atoms with Crippen molar-refractivity contribution in [2.24, 2.45) is 0 Å². The lowest BCUT2D eigenvalue weighted by molar-refractivity contribution is 0.0473. The van der Waals surface area contributed by atoms with Crippen molar-refractivity contribution in [2.45, 2.75) is 12.5 Å². The Morgan fingerprint density at radius 2 is 1.73 bits per heavy atom. The molecule has 5 heteroatoms. The summed E-state index contributed by atoms with van der Waals surface area (Å²) in [6, 6.07) is 15.3. The first-order valence-corrected chi connectivity index (χ1v) is 7.58. The van der Waals surface area contributed by atoms with Crippen molar-refractivity contribution in [2.75, 3.05) is 7.11 Å². The van der Waals surface area contributed by atoms with Gasteiger partial charge in [0.2, 0.25) is 0 Å². The summed E-state index contributed by atoms with van der Waals surface area (Å²) >= 11 is 3.35. The highest BCUT2D eigenvalue weighted by Gasteiger charge is 2.25. The highest BCUT2D eigenvalue weighted by molar-refractivity contribution is 9.10. The topological polar surface area (TPSA) is 55.4 Å². The van der Waals surface area contributed by atoms with E-state index in [9.17, 15) is 9.59 Å². The fourth-order valence-corrected chi connectivity index (χ4v) is 2.59. The average molecular weight is 362 g/mol. The van der Waals surface area contributed by atoms with Crippen molar-refractivity contribution in [1.82, 2.24) is 5.48 Å². The summed E-state index contributed by atoms with van der Waals surface area (Å²) in [5, 5.41) is 0. The largest absolute Gasteiger partial charge is 0.304 e. The van der Waals surface area contributed by atoms with Gasteiger partial charge in [-0.15, -0.1) is 0 Å². The summed E-state index contributed by atoms with van der Waals surface area (Å²) < 4.78 is 0.690. The van der Waals surface area contributed by atoms with Gasteiger partial charge in [0.1, 0.15) is 6.04 Å². The zero-order valence-corrected chi connectivity index (χ0v) is 13.7. The van der Waals surface area contributed by atoms with E-state index in [-0.39, 0.29) is 18.0 Å². The third-order valence-electron chi connectivity index (χ3n) is 3.20. The third kappa shape index (κ3) is 4.10. The highest BCUT2D eigenvalue weighted by Crippen LogP contribution is 2.19. The first-order chi connectivity index (χ1) is 10.6. The van der Waals surface area contributed by atoms with Crippen molar-refractivity contribution in [3.63, 3.8) is 0 Å². The van der Waals surface area contributed by atoms with E-state index in [0.29, 0.717) is 15.6 Å². The number of nitrogens with one attached hydrogen (secondary N) is 1. The van der Waals surface area contributed by atoms with Crippen molar-refractivity contribution >= 4 is 27.5 Å². The molecular formula is C17H16BrNO3. The van der Waals surface area contributed by atoms with Crippen molar-refractivity contribution in [1.29, 1.82) is 0 Å². The van der Waals surface area contributed by atoms with Gasteiger partial charge in [-0.1, -0.05) is 64.5 Å². The minimum absolute atomic E-state index is 0.0258. The quantitative estimate of drug-likeness (QED) is 0.606. The van der Waals surface area contributed by atoms with E-state index in [0.717, 1.165) is 0 Å². The van der Waals surface area contributed by atoms with Gasteiger partial charge in [0.05, 0.1) is 7.11 Å². The standard InChI is InChI=1S/C17H16BrNO3/c1-22-19-15(11-16(20)12-7-3-2-4-8-12)17(21)13-9-5-6-10-14(13)18/h2-10,15,19H,11H2,1H3. The smallest absolute Gasteiger partial charge is 0.183 e. The Labute approximate surface area is 137 Å². The first-order valence-electron chi connectivity index (χ1n) is 6.79. The lowest BCUT2D eigenvalue weighted by Gasteiger charge is -2.16. The van der Waals surface area contributed by atoms with Crippen LogP contribution in [0, 0.1) is 0 Å². The predicted octanol–water partition coefficient (Wildman–Crippen LogP) is 3.42. The van der Waals surface area contributed by atoms with Crippen LogP contribution in [0.4, 0.5) is 0 Å². The van der Waals surface area contributed by atoms with E-state index in [1.165, 1.54) is 7.11 Å². The van der Waals surface area contributed by atoms with Gasteiger partial charge in [-0.25, -0.2) is 0 Å². The highest BCUT2D eigenvalue weighted by atomic mass is 79.9. The SMILES string of the molecule is CONC(CC(=O)c1ccccc1)C(=O)c1ccccc1Br. The molecule has 0 aliphatic heterocycles. The maximum Gasteiger partial charge on any atom is 0.183 e. The normalized spacial score (nSPS) is 11.9. The van der Waals surface area contributed by atoms with Crippen LogP contribution < -0.4 is 5.48 Å². The number of hydrogen-bond donors (Lipinski definition) is 1. The van der Waals surface area contributed by atoms with Gasteiger partial charge in [0, 0.05) is 22.0 Å². The van der Waals surface area contributed by atoms with Gasteiger partial charge in [0.15, 0.2) is 11.6 Å². The van der Waals surface area contributed by atoms with Crippen molar-refractivity contribution < 1.29 is 14.4 Å². The van der Waals surface area contributed by atoms with Crippen LogP contribution in [0.2, 0.25) is 0 Å². The molecule has 0 fully saturated rings. The molecule has 2 rings (SSSR count). The third-order valence-corrected chi connectivity index (χ3v) is 3.89. The number of halogens is 1. The summed E-state index contributed by atoms with van der Waals surface area (Å²) in [7, 11) is 1.42. The van der Waals surface area contributed by atoms with Gasteiger partial charge in [-0.05, 0) is 6.07 Å². The summed E-state index contributed by atoms with van der Waals surface area (Å²) in [5.41, 5.74) is 3.70. The molecule has 0 aromatic heterocycles. The second-order valence-electron chi connectivity index (χ2n) is 4.71. The Hall–Kier alpha value is -1.82. The van der Waals surface area contributed by atoms with Crippen molar-refractivity contribution in [3.8, 4) is 0 Å². The summed E-state index contributed by atoms with van der Waals surface area (Å²) in [6.07, 6.45) is 0.0258. The fraction of sp³-hybridized carbons (Fsp3) is 0.176. The molecule has 0 aliphatic rings. The van der Waals surface area contributed by atoms with Crippen LogP contribution in [0.3, 0.4) is 0 Å². The molecule has 0 aliphatic carbocycles. The van der Waals surface area contributed by atoms with E-state index in [2.05, 4.69) is 21.4 Å². The van der Waals surface area contributed by atoms with Crippen LogP contribution in [0.25, 0.3) is 0 Å². The molecule has 0 saturated heterocycles. The minimum atomic E-state index is -0.739. The Balaban J connectivity index is 2.18. The Bertz CT molecular complexity index is 658. The lowest BCUT2D eigenvalue weighted by Crippen LogP contribution is -2.38. The number of hydrogen-bond acceptors (Lipinski definition) is 4. The van der Waals surface area contributed by atoms with Crippen LogP contribution >= 0.6 is 15.9 Å². The van der Waals surface area contributed by atoms with E-state index in [1.807, 2.05) is 12.1 Å². The Morgan fingerprint density at radius 3 is 2.36 bits per heavy atom. The molecule has 0 radical (unpaired) electrons. The molecule has 1 atom stereocenters. The molecule has 1 N–H and O–H groups in total. The summed E-state index contributed by atoms with van der Waals surface area (Å²) in [5.74, 6) is -0.311. The van der Waals surface area contributed by atoms with Crippen LogP contribution in [-0.4, -0.2) is 24.7 Å². The first kappa shape index (κ1) is 16.5. The summed E-state index contributed by atoms with van der Waals surface area (Å²) in [6.45, 7) is 0. The van der Waals surface area contributed by atoms with Crippen LogP contribution in [0.15, 0.2) is 59.1 Å². The maximum absolute atomic E-state index is 12.6. The average Bonchev–Trinajstić information content (AvgIpc) is 2.55. The number of ketones is 2. The van der Waals surface area contributed by atoms with Gasteiger partial charge in [-0.2, -0.15) is 5.48 Å². The number of carbonyl (C=O) groups is 2. The monoisotopic (exact) mass is 361 g/mol. The molecule has 1 unspecified atom stereocenters. The van der Waals surface area contributed by atoms with Crippen LogP contribution in [-0.2, 0) is 4.84 Å². The van der Waals surface area contributed by atoms with Crippen molar-refractivity contribution in [3.05, 3.63) is 70.2 Å². The molecule has 4 nitrogen and oxygen atoms in total. The Kier molecular flexibility index (Phi) is 6.00. The number of benzene rings is 2. The number of hydroxylamine groups is 1. The molecule has 2 aromatic carbocycles. The molecule has 0 bridgehead atoms. The minimum Gasteiger partial charge on any atom is -0.304 e. The molecule has 0 saturated carbocycles. The van der Waals surface area contributed by atoms with E-state index in [4.69, 9.17) is 4.84 Å². The zero-order valence-electron chi connectivity index (χ0n) is 12.1. The maximum atomic E-state index is 12.6. The molecule has 0 amide bonds. The van der Waals surface area contributed by atoms with Crippen LogP contribution in [0.1, 0.15) is 27.1 Å². The molecule has 22 heavy (non-hydrogen) atoms.